The van der Waals surface area contributed by atoms with Gasteiger partial charge in [-0.1, -0.05) is 23.9 Å². The highest BCUT2D eigenvalue weighted by Crippen LogP contribution is 2.27. The Labute approximate surface area is 144 Å². The second-order valence-corrected chi connectivity index (χ2v) is 6.23. The summed E-state index contributed by atoms with van der Waals surface area (Å²) in [5, 5.41) is 13.5. The lowest BCUT2D eigenvalue weighted by atomic mass is 10.2. The number of carboxylic acids is 1. The molecule has 1 aromatic rings. The van der Waals surface area contributed by atoms with Gasteiger partial charge >= 0.3 is 0 Å². The van der Waals surface area contributed by atoms with Gasteiger partial charge in [0.15, 0.2) is 5.17 Å². The van der Waals surface area contributed by atoms with E-state index >= 15 is 0 Å². The molecule has 1 saturated heterocycles. The van der Waals surface area contributed by atoms with Gasteiger partial charge in [0.1, 0.15) is 5.25 Å². The molecular formula is C16H18N3O4S-. The fraction of sp³-hybridized carbons (Fsp3) is 0.375. The molecule has 7 nitrogen and oxygen atoms in total. The van der Waals surface area contributed by atoms with E-state index in [1.54, 1.807) is 11.0 Å². The SMILES string of the molecule is CCN=C1S[C@@H](C(=O)Nc2cccc(C(=O)[O-])c2)CC(=O)N1CC. The molecule has 1 aliphatic heterocycles. The number of benzene rings is 1. The topological polar surface area (TPSA) is 102 Å². The number of carbonyl (C=O) groups excluding carboxylic acids is 3. The van der Waals surface area contributed by atoms with Gasteiger partial charge in [-0.3, -0.25) is 19.5 Å². The van der Waals surface area contributed by atoms with E-state index in [-0.39, 0.29) is 23.8 Å². The lowest BCUT2D eigenvalue weighted by molar-refractivity contribution is -0.255. The van der Waals surface area contributed by atoms with Crippen LogP contribution >= 0.6 is 11.8 Å². The molecule has 0 aromatic heterocycles. The zero-order valence-corrected chi connectivity index (χ0v) is 14.3. The van der Waals surface area contributed by atoms with Gasteiger partial charge in [0.25, 0.3) is 0 Å². The van der Waals surface area contributed by atoms with Gasteiger partial charge in [0.05, 0.1) is 5.97 Å². The molecular weight excluding hydrogens is 330 g/mol. The van der Waals surface area contributed by atoms with Crippen molar-refractivity contribution in [2.24, 2.45) is 4.99 Å². The molecule has 0 unspecified atom stereocenters. The van der Waals surface area contributed by atoms with E-state index < -0.39 is 11.2 Å². The minimum atomic E-state index is -1.32. The molecule has 0 aliphatic carbocycles. The Balaban J connectivity index is 2.12. The van der Waals surface area contributed by atoms with Crippen LogP contribution in [0, 0.1) is 0 Å². The van der Waals surface area contributed by atoms with Crippen LogP contribution in [0.4, 0.5) is 5.69 Å². The van der Waals surface area contributed by atoms with E-state index in [1.165, 1.54) is 30.0 Å². The van der Waals surface area contributed by atoms with Crippen molar-refractivity contribution in [1.82, 2.24) is 4.90 Å². The maximum Gasteiger partial charge on any atom is 0.238 e. The minimum Gasteiger partial charge on any atom is -0.545 e. The van der Waals surface area contributed by atoms with Crippen LogP contribution in [0.25, 0.3) is 0 Å². The average molecular weight is 348 g/mol. The van der Waals surface area contributed by atoms with E-state index in [9.17, 15) is 19.5 Å². The first-order valence-electron chi connectivity index (χ1n) is 7.60. The molecule has 0 bridgehead atoms. The molecule has 2 amide bonds. The van der Waals surface area contributed by atoms with Gasteiger partial charge in [0, 0.05) is 25.2 Å². The Morgan fingerprint density at radius 3 is 2.79 bits per heavy atom. The highest BCUT2D eigenvalue weighted by atomic mass is 32.2. The van der Waals surface area contributed by atoms with Crippen LogP contribution in [-0.4, -0.2) is 46.2 Å². The van der Waals surface area contributed by atoms with Crippen LogP contribution < -0.4 is 10.4 Å². The minimum absolute atomic E-state index is 0.0226. The summed E-state index contributed by atoms with van der Waals surface area (Å²) in [5.74, 6) is -1.82. The van der Waals surface area contributed by atoms with Gasteiger partial charge in [-0.25, -0.2) is 0 Å². The maximum absolute atomic E-state index is 12.4. The average Bonchev–Trinajstić information content (AvgIpc) is 2.55. The lowest BCUT2D eigenvalue weighted by Gasteiger charge is -2.30. The van der Waals surface area contributed by atoms with Crippen molar-refractivity contribution >= 4 is 40.4 Å². The number of carboxylic acid groups (broad SMARTS) is 1. The number of aliphatic imine (C=N–C) groups is 1. The number of amidine groups is 1. The summed E-state index contributed by atoms with van der Waals surface area (Å²) < 4.78 is 0. The third-order valence-corrected chi connectivity index (χ3v) is 4.63. The van der Waals surface area contributed by atoms with Crippen molar-refractivity contribution in [3.63, 3.8) is 0 Å². The van der Waals surface area contributed by atoms with Crippen LogP contribution in [0.3, 0.4) is 0 Å². The molecule has 1 atom stereocenters. The maximum atomic E-state index is 12.4. The van der Waals surface area contributed by atoms with E-state index in [2.05, 4.69) is 10.3 Å². The first kappa shape index (κ1) is 18.0. The van der Waals surface area contributed by atoms with Crippen LogP contribution in [0.5, 0.6) is 0 Å². The number of anilines is 1. The quantitative estimate of drug-likeness (QED) is 0.845. The van der Waals surface area contributed by atoms with Gasteiger partial charge < -0.3 is 15.2 Å². The molecule has 24 heavy (non-hydrogen) atoms. The predicted octanol–water partition coefficient (Wildman–Crippen LogP) is 0.718. The summed E-state index contributed by atoms with van der Waals surface area (Å²) in [4.78, 5) is 41.3. The van der Waals surface area contributed by atoms with Crippen molar-refractivity contribution in [1.29, 1.82) is 0 Å². The van der Waals surface area contributed by atoms with Crippen LogP contribution in [0.15, 0.2) is 29.3 Å². The Morgan fingerprint density at radius 1 is 1.42 bits per heavy atom. The highest BCUT2D eigenvalue weighted by Gasteiger charge is 2.34. The van der Waals surface area contributed by atoms with E-state index in [4.69, 9.17) is 0 Å². The van der Waals surface area contributed by atoms with E-state index in [0.717, 1.165) is 0 Å². The van der Waals surface area contributed by atoms with Gasteiger partial charge in [-0.15, -0.1) is 0 Å². The largest absolute Gasteiger partial charge is 0.545 e. The third kappa shape index (κ3) is 4.14. The third-order valence-electron chi connectivity index (χ3n) is 3.41. The van der Waals surface area contributed by atoms with Crippen molar-refractivity contribution in [3.8, 4) is 0 Å². The molecule has 1 aromatic carbocycles. The lowest BCUT2D eigenvalue weighted by Crippen LogP contribution is -2.45. The molecule has 1 aliphatic rings. The van der Waals surface area contributed by atoms with Gasteiger partial charge in [-0.2, -0.15) is 0 Å². The molecule has 0 saturated carbocycles. The number of aromatic carboxylic acids is 1. The highest BCUT2D eigenvalue weighted by molar-refractivity contribution is 8.15. The van der Waals surface area contributed by atoms with Crippen molar-refractivity contribution in [2.45, 2.75) is 25.5 Å². The monoisotopic (exact) mass is 348 g/mol. The molecule has 1 heterocycles. The first-order chi connectivity index (χ1) is 11.5. The Morgan fingerprint density at radius 2 is 2.17 bits per heavy atom. The Hall–Kier alpha value is -2.35. The van der Waals surface area contributed by atoms with E-state index in [1.807, 2.05) is 13.8 Å². The number of hydrogen-bond donors (Lipinski definition) is 1. The fourth-order valence-corrected chi connectivity index (χ4v) is 3.48. The number of rotatable bonds is 5. The molecule has 8 heteroatoms. The normalized spacial score (nSPS) is 19.4. The zero-order valence-electron chi connectivity index (χ0n) is 13.4. The van der Waals surface area contributed by atoms with Crippen LogP contribution in [0.2, 0.25) is 0 Å². The molecule has 128 valence electrons. The summed E-state index contributed by atoms with van der Waals surface area (Å²) in [5.41, 5.74) is 0.326. The molecule has 2 rings (SSSR count). The second kappa shape index (κ2) is 7.96. The number of nitrogens with zero attached hydrogens (tertiary/aromatic N) is 2. The summed E-state index contributed by atoms with van der Waals surface area (Å²) in [7, 11) is 0. The van der Waals surface area contributed by atoms with Crippen LogP contribution in [0.1, 0.15) is 30.6 Å². The zero-order chi connectivity index (χ0) is 17.7. The summed E-state index contributed by atoms with van der Waals surface area (Å²) in [6.07, 6.45) is 0.0766. The van der Waals surface area contributed by atoms with Gasteiger partial charge in [0.2, 0.25) is 11.8 Å². The predicted molar refractivity (Wildman–Crippen MR) is 90.8 cm³/mol. The van der Waals surface area contributed by atoms with Crippen molar-refractivity contribution in [2.75, 3.05) is 18.4 Å². The summed E-state index contributed by atoms with van der Waals surface area (Å²) in [6, 6.07) is 5.80. The van der Waals surface area contributed by atoms with E-state index in [0.29, 0.717) is 23.9 Å². The van der Waals surface area contributed by atoms with Crippen molar-refractivity contribution < 1.29 is 19.5 Å². The summed E-state index contributed by atoms with van der Waals surface area (Å²) in [6.45, 7) is 4.75. The molecule has 0 spiro atoms. The number of thioether (sulfide) groups is 1. The summed E-state index contributed by atoms with van der Waals surface area (Å²) >= 11 is 1.24. The molecule has 1 N–H and O–H groups in total. The van der Waals surface area contributed by atoms with Gasteiger partial charge in [-0.05, 0) is 31.5 Å². The number of amides is 2. The number of hydrogen-bond acceptors (Lipinski definition) is 6. The molecule has 0 radical (unpaired) electrons. The Bertz CT molecular complexity index is 690. The number of carbonyl (C=O) groups is 3. The smallest absolute Gasteiger partial charge is 0.238 e. The van der Waals surface area contributed by atoms with Crippen LogP contribution in [-0.2, 0) is 9.59 Å². The first-order valence-corrected chi connectivity index (χ1v) is 8.48. The Kier molecular flexibility index (Phi) is 5.97. The second-order valence-electron chi connectivity index (χ2n) is 5.06. The van der Waals surface area contributed by atoms with Crippen molar-refractivity contribution in [3.05, 3.63) is 29.8 Å². The number of nitrogens with one attached hydrogen (secondary N) is 1. The standard InChI is InChI=1S/C16H19N3O4S/c1-3-17-16-19(4-2)13(20)9-12(24-16)14(21)18-11-7-5-6-10(8-11)15(22)23/h5-8,12H,3-4,9H2,1-2H3,(H,18,21)(H,22,23)/p-1/t12-/m1/s1. The molecule has 1 fully saturated rings. The fourth-order valence-electron chi connectivity index (χ4n) is 2.27.